The van der Waals surface area contributed by atoms with Gasteiger partial charge in [-0.15, -0.1) is 40.1 Å². The average molecular weight is 1540 g/mol. The third-order valence-corrected chi connectivity index (χ3v) is 18.0. The molecular weight excluding hydrogens is 1420 g/mol. The Morgan fingerprint density at radius 2 is 0.406 bits per heavy atom. The molecule has 106 heavy (non-hydrogen) atoms. The molecule has 0 aliphatic heterocycles. The van der Waals surface area contributed by atoms with E-state index in [0.29, 0.717) is 37.4 Å². The molecule has 2 N–H and O–H groups in total. The van der Waals surface area contributed by atoms with Gasteiger partial charge in [-0.25, -0.2) is 0 Å². The van der Waals surface area contributed by atoms with Crippen LogP contribution in [0.1, 0.15) is 214 Å². The van der Waals surface area contributed by atoms with Crippen molar-refractivity contribution in [2.75, 3.05) is 40.0 Å². The molecule has 12 bridgehead atoms. The number of benzene rings is 10. The van der Waals surface area contributed by atoms with Crippen LogP contribution in [0.5, 0.6) is 11.5 Å². The molecule has 10 aromatic carbocycles. The second-order valence-electron chi connectivity index (χ2n) is 30.6. The predicted molar refractivity (Wildman–Crippen MR) is 464 cm³/mol. The molecule has 10 heterocycles. The Labute approximate surface area is 658 Å². The number of hydrogen-bond acceptors (Lipinski definition) is 6. The molecule has 0 fully saturated rings. The van der Waals surface area contributed by atoms with Crippen LogP contribution in [-0.2, 0) is 33.0 Å². The molecule has 10 aromatic heterocycles. The largest absolute Gasteiger partial charge is 0.507 e. The van der Waals surface area contributed by atoms with Crippen LogP contribution in [0.4, 0.5) is 0 Å². The van der Waals surface area contributed by atoms with Crippen LogP contribution in [-0.4, -0.2) is 70.1 Å². The maximum Gasteiger partial charge on any atom is 0.133 e. The summed E-state index contributed by atoms with van der Waals surface area (Å²) in [6.45, 7) is 56.5. The summed E-state index contributed by atoms with van der Waals surface area (Å²) in [4.78, 5) is 21.1. The van der Waals surface area contributed by atoms with Gasteiger partial charge >= 0.3 is 0 Å². The van der Waals surface area contributed by atoms with Gasteiger partial charge in [-0.2, -0.15) is 49.2 Å². The van der Waals surface area contributed by atoms with Gasteiger partial charge in [0.15, 0.2) is 0 Å². The molecule has 0 unspecified atom stereocenters. The van der Waals surface area contributed by atoms with Crippen LogP contribution in [0.15, 0.2) is 219 Å². The molecule has 564 valence electrons. The summed E-state index contributed by atoms with van der Waals surface area (Å²) >= 11 is 0. The Hall–Kier alpha value is -7.93. The smallest absolute Gasteiger partial charge is 0.133 e. The Balaban J connectivity index is 0.000000724. The molecular formula is C96H116N4Ni2O2P2-2. The van der Waals surface area contributed by atoms with Gasteiger partial charge < -0.3 is 10.2 Å². The first kappa shape index (κ1) is 88.7. The molecule has 0 aliphatic rings. The van der Waals surface area contributed by atoms with E-state index in [4.69, 9.17) is 19.9 Å². The number of nitrogens with zero attached hydrogens (tertiary/aromatic N) is 4. The van der Waals surface area contributed by atoms with Gasteiger partial charge in [0, 0.05) is 79.3 Å². The van der Waals surface area contributed by atoms with Crippen molar-refractivity contribution >= 4 is 103 Å². The van der Waals surface area contributed by atoms with E-state index in [1.807, 2.05) is 122 Å². The van der Waals surface area contributed by atoms with E-state index in [0.717, 1.165) is 121 Å². The quantitative estimate of drug-likeness (QED) is 0.0895. The number of phenolic OH excluding ortho intramolecular Hbond substituents is 2. The van der Waals surface area contributed by atoms with Crippen molar-refractivity contribution in [3.63, 3.8) is 0 Å². The summed E-state index contributed by atoms with van der Waals surface area (Å²) in [7, 11) is 0.759. The van der Waals surface area contributed by atoms with Crippen LogP contribution >= 0.6 is 15.8 Å². The molecule has 0 atom stereocenters. The topological polar surface area (TPSA) is 92.0 Å². The van der Waals surface area contributed by atoms with Crippen molar-refractivity contribution in [2.45, 2.75) is 158 Å². The van der Waals surface area contributed by atoms with Crippen molar-refractivity contribution in [3.8, 4) is 11.5 Å². The third-order valence-electron chi connectivity index (χ3n) is 18.0. The number of aromatic hydroxyl groups is 2. The van der Waals surface area contributed by atoms with E-state index in [1.54, 1.807) is 0 Å². The zero-order chi connectivity index (χ0) is 76.2. The van der Waals surface area contributed by atoms with Crippen molar-refractivity contribution in [2.24, 2.45) is 0 Å². The minimum Gasteiger partial charge on any atom is -0.507 e. The van der Waals surface area contributed by atoms with Gasteiger partial charge in [0.25, 0.3) is 0 Å². The first-order chi connectivity index (χ1) is 49.4. The van der Waals surface area contributed by atoms with Crippen LogP contribution < -0.4 is 0 Å². The molecule has 20 aromatic rings. The molecule has 6 nitrogen and oxygen atoms in total. The Morgan fingerprint density at radius 1 is 0.245 bits per heavy atom. The summed E-state index contributed by atoms with van der Waals surface area (Å²) in [6, 6.07) is 67.4. The fourth-order valence-corrected chi connectivity index (χ4v) is 12.5. The number of para-hydroxylation sites is 2. The van der Waals surface area contributed by atoms with Gasteiger partial charge in [0.1, 0.15) is 11.5 Å². The summed E-state index contributed by atoms with van der Waals surface area (Å²) < 4.78 is 0. The van der Waals surface area contributed by atoms with E-state index in [-0.39, 0.29) is 91.8 Å². The maximum atomic E-state index is 12.1. The van der Waals surface area contributed by atoms with E-state index >= 15 is 0 Å². The minimum absolute atomic E-state index is 0. The first-order valence-corrected chi connectivity index (χ1v) is 42.4. The summed E-state index contributed by atoms with van der Waals surface area (Å²) in [6.07, 6.45) is 7.29. The monoisotopic (exact) mass is 1530 g/mol. The van der Waals surface area contributed by atoms with Crippen LogP contribution in [0, 0.1) is 13.8 Å². The van der Waals surface area contributed by atoms with E-state index < -0.39 is 0 Å². The number of rotatable bonds is 8. The summed E-state index contributed by atoms with van der Waals surface area (Å²) in [5.41, 5.74) is 15.0. The van der Waals surface area contributed by atoms with E-state index in [2.05, 4.69) is 262 Å². The molecule has 0 saturated carbocycles. The van der Waals surface area contributed by atoms with Gasteiger partial charge in [-0.05, 0) is 248 Å². The van der Waals surface area contributed by atoms with Crippen LogP contribution in [0.2, 0.25) is 0 Å². The van der Waals surface area contributed by atoms with Crippen molar-refractivity contribution in [1.29, 1.82) is 0 Å². The minimum atomic E-state index is 0. The van der Waals surface area contributed by atoms with Gasteiger partial charge in [-0.3, -0.25) is 19.9 Å². The summed E-state index contributed by atoms with van der Waals surface area (Å²) in [5, 5.41) is 35.8. The molecule has 0 radical (unpaired) electrons. The zero-order valence-corrected chi connectivity index (χ0v) is 70.8. The maximum absolute atomic E-state index is 12.1. The van der Waals surface area contributed by atoms with Crippen molar-refractivity contribution in [3.05, 3.63) is 288 Å². The van der Waals surface area contributed by atoms with Crippen LogP contribution in [0.3, 0.4) is 0 Å². The Kier molecular flexibility index (Phi) is 35.1. The normalized spacial score (nSPS) is 11.0. The second-order valence-corrected chi connectivity index (χ2v) is 36.0. The first-order valence-electron chi connectivity index (χ1n) is 37.0. The average Bonchev–Trinajstić information content (AvgIpc) is 0.773. The van der Waals surface area contributed by atoms with Gasteiger partial charge in [0.2, 0.25) is 0 Å². The molecule has 0 spiro atoms. The van der Waals surface area contributed by atoms with Crippen molar-refractivity contribution in [1.82, 2.24) is 19.9 Å². The zero-order valence-electron chi connectivity index (χ0n) is 67.0. The fourth-order valence-electron chi connectivity index (χ4n) is 12.5. The third kappa shape index (κ3) is 24.0. The Morgan fingerprint density at radius 3 is 0.547 bits per heavy atom. The SMILES string of the molecule is CC(C)c1cc2cc(C(C)C)c1ncc1cccc(cnc3c(C(C)C)cc(cc3C(C)C)c3ccccc3c3cc(C(C)C)c(ncc4cccc(cnc5c(C(C)C)cc(cc5C(C)C)c5ccccc25)c4O)c(C(C)C)c3)c1O.CP(C)C.CP(C)C.[CH2-]c1ccccc1.[CH2-]c1ccccc1.[Ni].[Ni]. The molecule has 0 amide bonds. The Bertz CT molecular complexity index is 4370. The standard InChI is InChI=1S/C76H84N4O2.2C7H7.2C3H9P.2Ni/c1-43(2)63-31-55-32-64(44(3)4)71(63)77-39-51-23-21-24-52(75(51)81)40-78-73-67(47(9)10)35-57(36-68(73)48(11)12)61-29-19-20-30-62(61)58-37-69(49(13)14)74(70(38-58)50(15)16)80-42-54-26-22-25-53(76(54)82)41-79-72-65(45(5)6)33-56(34-66(72)46(7)8)60-28-18-17-27-59(55)60;2*1-7-5-3-2-4-6-7;2*1-4(2)3;;/h17-50,81-82H,1-16H3;2*2-6H,1H2;2*1-3H3;;/q;2*-1;;;;. The number of phenols is 2. The van der Waals surface area contributed by atoms with E-state index in [1.165, 1.54) is 0 Å². The predicted octanol–water partition coefficient (Wildman–Crippen LogP) is 28.4. The van der Waals surface area contributed by atoms with E-state index in [9.17, 15) is 10.2 Å². The molecule has 0 aliphatic carbocycles. The number of hydrogen-bond donors (Lipinski definition) is 2. The summed E-state index contributed by atoms with van der Waals surface area (Å²) in [5.74, 6) is 1.56. The number of aromatic nitrogens is 4. The van der Waals surface area contributed by atoms with Crippen LogP contribution in [0.25, 0.3) is 86.7 Å². The molecule has 20 rings (SSSR count). The van der Waals surface area contributed by atoms with Gasteiger partial charge in [-0.1, -0.05) is 184 Å². The molecule has 0 saturated heterocycles. The second kappa shape index (κ2) is 42.0. The fraction of sp³-hybridized carbons (Fsp3) is 0.312. The van der Waals surface area contributed by atoms with Crippen molar-refractivity contribution < 1.29 is 43.2 Å². The van der Waals surface area contributed by atoms with Gasteiger partial charge in [0.05, 0.1) is 22.1 Å². The molecule has 10 heteroatoms.